The van der Waals surface area contributed by atoms with Gasteiger partial charge in [0.2, 0.25) is 0 Å². The molecule has 0 saturated carbocycles. The Balaban J connectivity index is 2.55. The molecule has 0 aliphatic rings. The fourth-order valence-electron chi connectivity index (χ4n) is 0.893. The van der Waals surface area contributed by atoms with Crippen LogP contribution in [-0.2, 0) is 9.53 Å². The summed E-state index contributed by atoms with van der Waals surface area (Å²) in [5, 5.41) is 12.0. The van der Waals surface area contributed by atoms with Gasteiger partial charge in [-0.15, -0.1) is 11.3 Å². The quantitative estimate of drug-likeness (QED) is 0.709. The van der Waals surface area contributed by atoms with E-state index >= 15 is 0 Å². The molecule has 0 bridgehead atoms. The van der Waals surface area contributed by atoms with Crippen molar-refractivity contribution in [3.8, 4) is 0 Å². The standard InChI is InChI=1S/C9H12N2O3S/c1-14-9(13)8(10)6(12)2-3-7-11-4-5-15-7/h2-6,8,12H,10H2,1H3/b3-2+/t6-,8-/m0/s1. The summed E-state index contributed by atoms with van der Waals surface area (Å²) >= 11 is 1.42. The van der Waals surface area contributed by atoms with E-state index in [1.54, 1.807) is 12.3 Å². The Labute approximate surface area is 91.2 Å². The molecule has 1 heterocycles. The molecule has 0 fully saturated rings. The molecule has 6 heteroatoms. The SMILES string of the molecule is COC(=O)[C@@H](N)[C@@H](O)/C=C/c1nccs1. The Morgan fingerprint density at radius 1 is 1.80 bits per heavy atom. The largest absolute Gasteiger partial charge is 0.468 e. The molecular formula is C9H12N2O3S. The highest BCUT2D eigenvalue weighted by atomic mass is 32.1. The van der Waals surface area contributed by atoms with Crippen molar-refractivity contribution in [2.45, 2.75) is 12.1 Å². The van der Waals surface area contributed by atoms with E-state index in [2.05, 4.69) is 9.72 Å². The van der Waals surface area contributed by atoms with Gasteiger partial charge in [-0.3, -0.25) is 4.79 Å². The molecule has 1 rings (SSSR count). The molecule has 2 atom stereocenters. The molecule has 3 N–H and O–H groups in total. The van der Waals surface area contributed by atoms with Crippen LogP contribution in [0.4, 0.5) is 0 Å². The third kappa shape index (κ3) is 3.43. The number of esters is 1. The Kier molecular flexibility index (Phi) is 4.41. The Hall–Kier alpha value is -1.24. The molecular weight excluding hydrogens is 216 g/mol. The lowest BCUT2D eigenvalue weighted by Crippen LogP contribution is -2.41. The van der Waals surface area contributed by atoms with E-state index in [0.29, 0.717) is 0 Å². The Morgan fingerprint density at radius 3 is 3.07 bits per heavy atom. The molecule has 82 valence electrons. The molecule has 5 nitrogen and oxygen atoms in total. The maximum Gasteiger partial charge on any atom is 0.325 e. The van der Waals surface area contributed by atoms with E-state index in [4.69, 9.17) is 5.73 Å². The number of ether oxygens (including phenoxy) is 1. The van der Waals surface area contributed by atoms with Crippen LogP contribution in [0.2, 0.25) is 0 Å². The van der Waals surface area contributed by atoms with Gasteiger partial charge in [0.25, 0.3) is 0 Å². The fraction of sp³-hybridized carbons (Fsp3) is 0.333. The summed E-state index contributed by atoms with van der Waals surface area (Å²) in [5.41, 5.74) is 5.42. The molecule has 0 amide bonds. The van der Waals surface area contributed by atoms with E-state index in [9.17, 15) is 9.90 Å². The Morgan fingerprint density at radius 2 is 2.53 bits per heavy atom. The van der Waals surface area contributed by atoms with E-state index in [-0.39, 0.29) is 0 Å². The minimum atomic E-state index is -1.07. The first-order chi connectivity index (χ1) is 7.15. The molecule has 1 aromatic rings. The lowest BCUT2D eigenvalue weighted by molar-refractivity contribution is -0.144. The highest BCUT2D eigenvalue weighted by Gasteiger charge is 2.20. The van der Waals surface area contributed by atoms with Crippen molar-refractivity contribution in [3.05, 3.63) is 22.7 Å². The summed E-state index contributed by atoms with van der Waals surface area (Å²) < 4.78 is 4.40. The van der Waals surface area contributed by atoms with E-state index < -0.39 is 18.1 Å². The lowest BCUT2D eigenvalue weighted by atomic mass is 10.1. The topological polar surface area (TPSA) is 85.4 Å². The van der Waals surface area contributed by atoms with Crippen molar-refractivity contribution >= 4 is 23.4 Å². The summed E-state index contributed by atoms with van der Waals surface area (Å²) in [4.78, 5) is 14.9. The second-order valence-corrected chi connectivity index (χ2v) is 3.70. The van der Waals surface area contributed by atoms with Crippen molar-refractivity contribution in [2.24, 2.45) is 5.73 Å². The lowest BCUT2D eigenvalue weighted by Gasteiger charge is -2.12. The van der Waals surface area contributed by atoms with Crippen LogP contribution in [0.3, 0.4) is 0 Å². The van der Waals surface area contributed by atoms with Crippen molar-refractivity contribution < 1.29 is 14.6 Å². The van der Waals surface area contributed by atoms with Gasteiger partial charge >= 0.3 is 5.97 Å². The number of nitrogens with two attached hydrogens (primary N) is 1. The van der Waals surface area contributed by atoms with Gasteiger partial charge in [0, 0.05) is 11.6 Å². The van der Waals surface area contributed by atoms with E-state index in [0.717, 1.165) is 5.01 Å². The summed E-state index contributed by atoms with van der Waals surface area (Å²) in [6, 6.07) is -1.06. The summed E-state index contributed by atoms with van der Waals surface area (Å²) in [7, 11) is 1.22. The number of carbonyl (C=O) groups is 1. The molecule has 0 radical (unpaired) electrons. The van der Waals surface area contributed by atoms with Crippen LogP contribution in [0.15, 0.2) is 17.7 Å². The second kappa shape index (κ2) is 5.59. The Bertz CT molecular complexity index is 337. The molecule has 0 aliphatic heterocycles. The second-order valence-electron chi connectivity index (χ2n) is 2.77. The van der Waals surface area contributed by atoms with Gasteiger partial charge in [0.1, 0.15) is 11.0 Å². The van der Waals surface area contributed by atoms with Crippen LogP contribution >= 0.6 is 11.3 Å². The maximum absolute atomic E-state index is 11.0. The number of carbonyl (C=O) groups excluding carboxylic acids is 1. The zero-order chi connectivity index (χ0) is 11.3. The first-order valence-corrected chi connectivity index (χ1v) is 5.12. The summed E-state index contributed by atoms with van der Waals surface area (Å²) in [6.45, 7) is 0. The van der Waals surface area contributed by atoms with Gasteiger partial charge in [-0.25, -0.2) is 4.98 Å². The molecule has 0 unspecified atom stereocenters. The van der Waals surface area contributed by atoms with Gasteiger partial charge < -0.3 is 15.6 Å². The number of aliphatic hydroxyl groups excluding tert-OH is 1. The average Bonchev–Trinajstić information content (AvgIpc) is 2.76. The van der Waals surface area contributed by atoms with Crippen molar-refractivity contribution in [1.29, 1.82) is 0 Å². The molecule has 0 aliphatic carbocycles. The third-order valence-corrected chi connectivity index (χ3v) is 2.47. The number of methoxy groups -OCH3 is 1. The highest BCUT2D eigenvalue weighted by molar-refractivity contribution is 7.10. The molecule has 0 aromatic carbocycles. The van der Waals surface area contributed by atoms with Crippen LogP contribution < -0.4 is 5.73 Å². The number of aromatic nitrogens is 1. The van der Waals surface area contributed by atoms with E-state index in [1.165, 1.54) is 24.5 Å². The predicted molar refractivity (Wildman–Crippen MR) is 57.1 cm³/mol. The zero-order valence-corrected chi connectivity index (χ0v) is 8.98. The van der Waals surface area contributed by atoms with Gasteiger partial charge in [-0.2, -0.15) is 0 Å². The first-order valence-electron chi connectivity index (χ1n) is 4.24. The van der Waals surface area contributed by atoms with Crippen molar-refractivity contribution in [2.75, 3.05) is 7.11 Å². The normalized spacial score (nSPS) is 15.1. The van der Waals surface area contributed by atoms with E-state index in [1.807, 2.05) is 5.38 Å². The monoisotopic (exact) mass is 228 g/mol. The minimum Gasteiger partial charge on any atom is -0.468 e. The van der Waals surface area contributed by atoms with Crippen LogP contribution in [0, 0.1) is 0 Å². The zero-order valence-electron chi connectivity index (χ0n) is 8.16. The fourth-order valence-corrected chi connectivity index (χ4v) is 1.43. The van der Waals surface area contributed by atoms with Crippen LogP contribution in [0.25, 0.3) is 6.08 Å². The molecule has 0 spiro atoms. The van der Waals surface area contributed by atoms with Gasteiger partial charge in [-0.1, -0.05) is 6.08 Å². The summed E-state index contributed by atoms with van der Waals surface area (Å²) in [6.07, 6.45) is 3.61. The third-order valence-electron chi connectivity index (χ3n) is 1.73. The molecule has 1 aromatic heterocycles. The predicted octanol–water partition coefficient (Wildman–Crippen LogP) is 0.0175. The molecule has 0 saturated heterocycles. The smallest absolute Gasteiger partial charge is 0.325 e. The average molecular weight is 228 g/mol. The van der Waals surface area contributed by atoms with Crippen LogP contribution in [0.1, 0.15) is 5.01 Å². The van der Waals surface area contributed by atoms with Crippen LogP contribution in [-0.4, -0.2) is 35.3 Å². The van der Waals surface area contributed by atoms with Gasteiger partial charge in [-0.05, 0) is 6.08 Å². The summed E-state index contributed by atoms with van der Waals surface area (Å²) in [5.74, 6) is -0.647. The number of thiazole rings is 1. The number of aliphatic hydroxyl groups is 1. The number of rotatable bonds is 4. The van der Waals surface area contributed by atoms with Crippen LogP contribution in [0.5, 0.6) is 0 Å². The van der Waals surface area contributed by atoms with Gasteiger partial charge in [0.15, 0.2) is 0 Å². The number of hydrogen-bond acceptors (Lipinski definition) is 6. The minimum absolute atomic E-state index is 0.647. The first kappa shape index (κ1) is 11.8. The molecule has 15 heavy (non-hydrogen) atoms. The number of hydrogen-bond donors (Lipinski definition) is 2. The van der Waals surface area contributed by atoms with Crippen molar-refractivity contribution in [1.82, 2.24) is 4.98 Å². The van der Waals surface area contributed by atoms with Gasteiger partial charge in [0.05, 0.1) is 13.2 Å². The van der Waals surface area contributed by atoms with Crippen molar-refractivity contribution in [3.63, 3.8) is 0 Å². The maximum atomic E-state index is 11.0. The number of nitrogens with zero attached hydrogens (tertiary/aromatic N) is 1. The highest BCUT2D eigenvalue weighted by Crippen LogP contribution is 2.07.